The summed E-state index contributed by atoms with van der Waals surface area (Å²) < 4.78 is 13.7. The van der Waals surface area contributed by atoms with E-state index in [1.165, 1.54) is 42.7 Å². The summed E-state index contributed by atoms with van der Waals surface area (Å²) in [5.74, 6) is -3.67. The summed E-state index contributed by atoms with van der Waals surface area (Å²) in [6, 6.07) is 13.9. The second kappa shape index (κ2) is 21.3. The molecule has 0 aliphatic carbocycles. The zero-order valence-corrected chi connectivity index (χ0v) is 29.8. The molecule has 0 saturated heterocycles. The zero-order chi connectivity index (χ0) is 38.8. The van der Waals surface area contributed by atoms with E-state index in [2.05, 4.69) is 31.2 Å². The first-order valence-electron chi connectivity index (χ1n) is 17.2. The maximum absolute atomic E-state index is 13.9. The minimum Gasteiger partial charge on any atom is -0.370 e. The molecule has 0 aliphatic heterocycles. The second-order valence-corrected chi connectivity index (χ2v) is 12.8. The number of guanidine groups is 1. The summed E-state index contributed by atoms with van der Waals surface area (Å²) in [7, 11) is 0. The second-order valence-electron chi connectivity index (χ2n) is 12.8. The van der Waals surface area contributed by atoms with E-state index >= 15 is 0 Å². The number of rotatable bonds is 20. The Kier molecular flexibility index (Phi) is 16.6. The Bertz CT molecular complexity index is 1720. The molecule has 0 bridgehead atoms. The Balaban J connectivity index is 1.79. The van der Waals surface area contributed by atoms with Crippen LogP contribution in [0.3, 0.4) is 0 Å². The SMILES string of the molecule is CC(C)C[C@H](NC(=O)CC(NC(=O)[C@H](Cc1ccc(F)cc1)NC(=O)/C=C/c1ccccc1)c1cccnc1)C(=O)N[C@@H](CCCN=C(N)N)C(N)=O. The normalized spacial score (nSPS) is 13.3. The predicted octanol–water partition coefficient (Wildman–Crippen LogP) is 1.76. The van der Waals surface area contributed by atoms with Crippen molar-refractivity contribution in [3.8, 4) is 0 Å². The van der Waals surface area contributed by atoms with Gasteiger partial charge in [-0.25, -0.2) is 4.39 Å². The lowest BCUT2D eigenvalue weighted by Crippen LogP contribution is -2.54. The molecule has 3 aromatic rings. The maximum Gasteiger partial charge on any atom is 0.244 e. The molecular weight excluding hydrogens is 681 g/mol. The van der Waals surface area contributed by atoms with Crippen LogP contribution in [-0.2, 0) is 30.4 Å². The number of aromatic nitrogens is 1. The molecular formula is C38H48FN9O5. The van der Waals surface area contributed by atoms with Crippen LogP contribution in [0, 0.1) is 11.7 Å². The molecule has 1 unspecified atom stereocenters. The molecule has 0 radical (unpaired) electrons. The number of halogens is 1. The number of carbonyl (C=O) groups is 5. The Hall–Kier alpha value is -6.12. The lowest BCUT2D eigenvalue weighted by atomic mass is 10.00. The maximum atomic E-state index is 13.9. The highest BCUT2D eigenvalue weighted by molar-refractivity contribution is 5.96. The third-order valence-corrected chi connectivity index (χ3v) is 7.97. The van der Waals surface area contributed by atoms with Crippen LogP contribution in [0.2, 0.25) is 0 Å². The standard InChI is InChI=1S/C38H48FN9O5/c1-24(2)20-31(36(52)47-29(35(40)51)11-7-19-44-38(41)42)46-34(50)22-30(27-10-6-18-43-23-27)48-37(53)32(21-26-12-15-28(39)16-13-26)45-33(49)17-14-25-8-4-3-5-9-25/h3-6,8-10,12-18,23-24,29-32H,7,11,19-22H2,1-2H3,(H2,40,51)(H,45,49)(H,46,50)(H,47,52)(H,48,53)(H4,41,42,44)/b17-14+/t29-,30?,31-,32-/m0/s1. The van der Waals surface area contributed by atoms with Crippen molar-refractivity contribution in [1.29, 1.82) is 0 Å². The Morgan fingerprint density at radius 1 is 0.830 bits per heavy atom. The number of nitrogens with one attached hydrogen (secondary N) is 4. The minimum atomic E-state index is -1.12. The zero-order valence-electron chi connectivity index (χ0n) is 29.8. The van der Waals surface area contributed by atoms with Gasteiger partial charge >= 0.3 is 0 Å². The Labute approximate surface area is 308 Å². The van der Waals surface area contributed by atoms with Gasteiger partial charge in [-0.3, -0.25) is 33.9 Å². The fourth-order valence-corrected chi connectivity index (χ4v) is 5.33. The van der Waals surface area contributed by atoms with E-state index in [0.717, 1.165) is 5.56 Å². The van der Waals surface area contributed by atoms with Gasteiger partial charge in [0.1, 0.15) is 23.9 Å². The average molecular weight is 730 g/mol. The summed E-state index contributed by atoms with van der Waals surface area (Å²) in [6.45, 7) is 3.97. The van der Waals surface area contributed by atoms with Crippen LogP contribution in [0.5, 0.6) is 0 Å². The van der Waals surface area contributed by atoms with Gasteiger partial charge in [-0.1, -0.05) is 62.4 Å². The third kappa shape index (κ3) is 15.3. The molecule has 0 aliphatic rings. The van der Waals surface area contributed by atoms with Crippen molar-refractivity contribution in [3.05, 3.63) is 108 Å². The summed E-state index contributed by atoms with van der Waals surface area (Å²) >= 11 is 0. The van der Waals surface area contributed by atoms with Crippen molar-refractivity contribution >= 4 is 41.6 Å². The molecule has 5 amide bonds. The molecule has 0 spiro atoms. The number of primary amides is 1. The highest BCUT2D eigenvalue weighted by atomic mass is 19.1. The lowest BCUT2D eigenvalue weighted by Gasteiger charge is -2.26. The van der Waals surface area contributed by atoms with Crippen molar-refractivity contribution < 1.29 is 28.4 Å². The number of hydrogen-bond acceptors (Lipinski definition) is 7. The minimum absolute atomic E-state index is 0.0204. The highest BCUT2D eigenvalue weighted by Crippen LogP contribution is 2.18. The number of amides is 5. The van der Waals surface area contributed by atoms with Gasteiger partial charge in [0.15, 0.2) is 5.96 Å². The molecule has 0 fully saturated rings. The molecule has 10 N–H and O–H groups in total. The van der Waals surface area contributed by atoms with E-state index in [1.807, 2.05) is 44.2 Å². The Morgan fingerprint density at radius 3 is 2.15 bits per heavy atom. The number of carbonyl (C=O) groups excluding carboxylic acids is 5. The fourth-order valence-electron chi connectivity index (χ4n) is 5.33. The lowest BCUT2D eigenvalue weighted by molar-refractivity contribution is -0.132. The summed E-state index contributed by atoms with van der Waals surface area (Å²) in [6.07, 6.45) is 6.43. The van der Waals surface area contributed by atoms with Crippen molar-refractivity contribution in [1.82, 2.24) is 26.3 Å². The van der Waals surface area contributed by atoms with Crippen molar-refractivity contribution in [2.24, 2.45) is 28.1 Å². The van der Waals surface area contributed by atoms with Crippen LogP contribution in [0.25, 0.3) is 6.08 Å². The predicted molar refractivity (Wildman–Crippen MR) is 200 cm³/mol. The van der Waals surface area contributed by atoms with Gasteiger partial charge in [-0.15, -0.1) is 0 Å². The first kappa shape index (κ1) is 41.3. The summed E-state index contributed by atoms with van der Waals surface area (Å²) in [5.41, 5.74) is 18.1. The number of pyridine rings is 1. The molecule has 282 valence electrons. The van der Waals surface area contributed by atoms with Crippen molar-refractivity contribution in [2.75, 3.05) is 6.54 Å². The molecule has 4 atom stereocenters. The van der Waals surface area contributed by atoms with Crippen LogP contribution in [0.4, 0.5) is 4.39 Å². The highest BCUT2D eigenvalue weighted by Gasteiger charge is 2.29. The molecule has 0 saturated carbocycles. The van der Waals surface area contributed by atoms with Crippen molar-refractivity contribution in [3.63, 3.8) is 0 Å². The molecule has 15 heteroatoms. The van der Waals surface area contributed by atoms with Crippen molar-refractivity contribution in [2.45, 2.75) is 70.1 Å². The van der Waals surface area contributed by atoms with Gasteiger partial charge in [0, 0.05) is 31.4 Å². The van der Waals surface area contributed by atoms with Gasteiger partial charge in [0.25, 0.3) is 0 Å². The van der Waals surface area contributed by atoms with E-state index in [4.69, 9.17) is 17.2 Å². The van der Waals surface area contributed by atoms with E-state index in [-0.39, 0.29) is 44.1 Å². The first-order valence-corrected chi connectivity index (χ1v) is 17.2. The van der Waals surface area contributed by atoms with Gasteiger partial charge < -0.3 is 38.5 Å². The molecule has 3 rings (SSSR count). The van der Waals surface area contributed by atoms with Crippen LogP contribution in [-0.4, -0.2) is 65.1 Å². The number of benzene rings is 2. The van der Waals surface area contributed by atoms with Gasteiger partial charge in [0.05, 0.1) is 12.5 Å². The van der Waals surface area contributed by atoms with E-state index in [9.17, 15) is 28.4 Å². The quantitative estimate of drug-likeness (QED) is 0.0391. The van der Waals surface area contributed by atoms with Crippen LogP contribution >= 0.6 is 0 Å². The van der Waals surface area contributed by atoms with Crippen LogP contribution in [0.1, 0.15) is 62.3 Å². The summed E-state index contributed by atoms with van der Waals surface area (Å²) in [5, 5.41) is 10.9. The molecule has 1 aromatic heterocycles. The topological polar surface area (TPSA) is 237 Å². The van der Waals surface area contributed by atoms with Crippen LogP contribution in [0.15, 0.2) is 90.2 Å². The molecule has 2 aromatic carbocycles. The fraction of sp³-hybridized carbons (Fsp3) is 0.342. The number of hydrogen-bond donors (Lipinski definition) is 7. The van der Waals surface area contributed by atoms with Gasteiger partial charge in [-0.2, -0.15) is 0 Å². The van der Waals surface area contributed by atoms with E-state index < -0.39 is 59.5 Å². The van der Waals surface area contributed by atoms with Gasteiger partial charge in [0.2, 0.25) is 29.5 Å². The number of aliphatic imine (C=N–C) groups is 1. The first-order chi connectivity index (χ1) is 25.3. The van der Waals surface area contributed by atoms with E-state index in [0.29, 0.717) is 17.5 Å². The average Bonchev–Trinajstić information content (AvgIpc) is 3.12. The third-order valence-electron chi connectivity index (χ3n) is 7.97. The Morgan fingerprint density at radius 2 is 1.53 bits per heavy atom. The number of nitrogens with zero attached hydrogens (tertiary/aromatic N) is 2. The summed E-state index contributed by atoms with van der Waals surface area (Å²) in [4.78, 5) is 74.0. The van der Waals surface area contributed by atoms with Crippen LogP contribution < -0.4 is 38.5 Å². The van der Waals surface area contributed by atoms with E-state index in [1.54, 1.807) is 18.2 Å². The molecule has 1 heterocycles. The molecule has 14 nitrogen and oxygen atoms in total. The van der Waals surface area contributed by atoms with Gasteiger partial charge in [-0.05, 0) is 66.1 Å². The molecule has 53 heavy (non-hydrogen) atoms. The number of nitrogens with two attached hydrogens (primary N) is 3. The largest absolute Gasteiger partial charge is 0.370 e. The smallest absolute Gasteiger partial charge is 0.244 e. The monoisotopic (exact) mass is 729 g/mol.